The Hall–Kier alpha value is -3.66. The maximum Gasteiger partial charge on any atom is 0.308 e. The number of anilines is 2. The van der Waals surface area contributed by atoms with Gasteiger partial charge in [-0.1, -0.05) is 82.2 Å². The molecule has 1 aromatic heterocycles. The summed E-state index contributed by atoms with van der Waals surface area (Å²) in [5.74, 6) is -2.23. The van der Waals surface area contributed by atoms with E-state index in [1.54, 1.807) is 36.4 Å². The molecule has 2 aliphatic rings. The molecule has 4 aromatic rings. The zero-order chi connectivity index (χ0) is 28.1. The number of carbonyl (C=O) groups is 3. The fraction of sp³-hybridized carbons (Fsp3) is 0.200. The summed E-state index contributed by atoms with van der Waals surface area (Å²) in [7, 11) is 0. The van der Waals surface area contributed by atoms with Crippen molar-refractivity contribution in [2.45, 2.75) is 36.6 Å². The highest BCUT2D eigenvalue weighted by molar-refractivity contribution is 8.00. The van der Waals surface area contributed by atoms with E-state index in [0.29, 0.717) is 26.3 Å². The Bertz CT molecular complexity index is 1690. The molecule has 1 saturated heterocycles. The summed E-state index contributed by atoms with van der Waals surface area (Å²) < 4.78 is 1.42. The largest absolute Gasteiger partial charge is 0.325 e. The van der Waals surface area contributed by atoms with Gasteiger partial charge in [0.2, 0.25) is 17.7 Å². The summed E-state index contributed by atoms with van der Waals surface area (Å²) >= 11 is 8.37. The highest BCUT2D eigenvalue weighted by atomic mass is 35.5. The molecular formula is C30H24ClN3O4S2. The Labute approximate surface area is 243 Å². The Morgan fingerprint density at radius 3 is 2.15 bits per heavy atom. The van der Waals surface area contributed by atoms with Crippen molar-refractivity contribution in [1.82, 2.24) is 4.57 Å². The molecular weight excluding hydrogens is 566 g/mol. The van der Waals surface area contributed by atoms with Crippen molar-refractivity contribution in [2.75, 3.05) is 10.2 Å². The van der Waals surface area contributed by atoms with Crippen LogP contribution in [0.4, 0.5) is 11.4 Å². The minimum absolute atomic E-state index is 0.208. The van der Waals surface area contributed by atoms with Crippen molar-refractivity contribution in [3.8, 4) is 0 Å². The molecule has 6 rings (SSSR count). The number of nitrogens with one attached hydrogen (secondary N) is 1. The molecule has 2 aliphatic heterocycles. The van der Waals surface area contributed by atoms with Crippen molar-refractivity contribution in [3.05, 3.63) is 109 Å². The van der Waals surface area contributed by atoms with E-state index in [1.165, 1.54) is 21.2 Å². The van der Waals surface area contributed by atoms with Gasteiger partial charge in [0, 0.05) is 21.5 Å². The number of thioether (sulfide) groups is 1. The highest BCUT2D eigenvalue weighted by Gasteiger charge is 2.56. The van der Waals surface area contributed by atoms with Crippen LogP contribution in [0.2, 0.25) is 5.02 Å². The lowest BCUT2D eigenvalue weighted by atomic mass is 9.83. The number of aromatic nitrogens is 1. The van der Waals surface area contributed by atoms with Crippen LogP contribution >= 0.6 is 34.7 Å². The lowest BCUT2D eigenvalue weighted by Crippen LogP contribution is -2.33. The van der Waals surface area contributed by atoms with Crippen LogP contribution < -0.4 is 15.1 Å². The van der Waals surface area contributed by atoms with E-state index in [4.69, 9.17) is 11.6 Å². The summed E-state index contributed by atoms with van der Waals surface area (Å²) in [6.45, 7) is 3.69. The van der Waals surface area contributed by atoms with Crippen LogP contribution in [-0.2, 0) is 20.9 Å². The van der Waals surface area contributed by atoms with E-state index in [0.717, 1.165) is 28.0 Å². The molecule has 2 unspecified atom stereocenters. The number of benzene rings is 3. The lowest BCUT2D eigenvalue weighted by Gasteiger charge is -2.30. The van der Waals surface area contributed by atoms with Gasteiger partial charge in [-0.25, -0.2) is 4.90 Å². The predicted molar refractivity (Wildman–Crippen MR) is 158 cm³/mol. The highest BCUT2D eigenvalue weighted by Crippen LogP contribution is 2.53. The average molecular weight is 590 g/mol. The van der Waals surface area contributed by atoms with Crippen molar-refractivity contribution in [2.24, 2.45) is 5.92 Å². The Morgan fingerprint density at radius 2 is 1.50 bits per heavy atom. The van der Waals surface area contributed by atoms with Crippen LogP contribution in [-0.4, -0.2) is 27.5 Å². The minimum Gasteiger partial charge on any atom is -0.325 e. The van der Waals surface area contributed by atoms with Gasteiger partial charge in [0.1, 0.15) is 11.8 Å². The van der Waals surface area contributed by atoms with Crippen LogP contribution in [0.15, 0.2) is 82.6 Å². The lowest BCUT2D eigenvalue weighted by molar-refractivity contribution is -0.122. The van der Waals surface area contributed by atoms with Crippen LogP contribution in [0.3, 0.4) is 0 Å². The number of nitrogens with zero attached hydrogens (tertiary/aromatic N) is 2. The smallest absolute Gasteiger partial charge is 0.308 e. The third-order valence-electron chi connectivity index (χ3n) is 7.21. The van der Waals surface area contributed by atoms with Crippen molar-refractivity contribution in [1.29, 1.82) is 0 Å². The number of carbonyl (C=O) groups excluding carboxylic acids is 3. The molecule has 3 heterocycles. The molecule has 40 heavy (non-hydrogen) atoms. The molecule has 0 spiro atoms. The van der Waals surface area contributed by atoms with Crippen LogP contribution in [0.1, 0.15) is 27.5 Å². The third-order valence-corrected chi connectivity index (χ3v) is 10.1. The van der Waals surface area contributed by atoms with Gasteiger partial charge in [0.05, 0.1) is 16.6 Å². The van der Waals surface area contributed by atoms with Crippen molar-refractivity contribution >= 4 is 63.8 Å². The summed E-state index contributed by atoms with van der Waals surface area (Å²) in [5, 5.41) is 3.18. The maximum absolute atomic E-state index is 13.9. The fourth-order valence-electron chi connectivity index (χ4n) is 5.21. The molecule has 0 saturated carbocycles. The van der Waals surface area contributed by atoms with E-state index in [9.17, 15) is 19.2 Å². The molecule has 202 valence electrons. The summed E-state index contributed by atoms with van der Waals surface area (Å²) in [6.07, 6.45) is 0. The quantitative estimate of drug-likeness (QED) is 0.306. The van der Waals surface area contributed by atoms with Crippen LogP contribution in [0.25, 0.3) is 0 Å². The average Bonchev–Trinajstić information content (AvgIpc) is 3.37. The fourth-order valence-corrected chi connectivity index (χ4v) is 8.11. The second-order valence-corrected chi connectivity index (χ2v) is 12.5. The first-order chi connectivity index (χ1) is 19.2. The van der Waals surface area contributed by atoms with Gasteiger partial charge in [-0.05, 0) is 55.8 Å². The summed E-state index contributed by atoms with van der Waals surface area (Å²) in [4.78, 5) is 55.6. The van der Waals surface area contributed by atoms with Crippen LogP contribution in [0.5, 0.6) is 0 Å². The molecule has 0 aliphatic carbocycles. The number of imide groups is 1. The van der Waals surface area contributed by atoms with Gasteiger partial charge < -0.3 is 5.32 Å². The topological polar surface area (TPSA) is 88.5 Å². The van der Waals surface area contributed by atoms with E-state index in [1.807, 2.05) is 50.2 Å². The van der Waals surface area contributed by atoms with Gasteiger partial charge in [-0.3, -0.25) is 23.7 Å². The minimum atomic E-state index is -0.748. The molecule has 0 bridgehead atoms. The van der Waals surface area contributed by atoms with Gasteiger partial charge >= 0.3 is 4.87 Å². The summed E-state index contributed by atoms with van der Waals surface area (Å²) in [6, 6.07) is 21.8. The Balaban J connectivity index is 1.40. The van der Waals surface area contributed by atoms with E-state index in [-0.39, 0.29) is 29.1 Å². The molecule has 3 aromatic carbocycles. The van der Waals surface area contributed by atoms with Crippen molar-refractivity contribution in [3.63, 3.8) is 0 Å². The van der Waals surface area contributed by atoms with Gasteiger partial charge in [0.25, 0.3) is 0 Å². The molecule has 7 nitrogen and oxygen atoms in total. The van der Waals surface area contributed by atoms with Gasteiger partial charge in [-0.2, -0.15) is 0 Å². The molecule has 0 radical (unpaired) electrons. The monoisotopic (exact) mass is 589 g/mol. The zero-order valence-electron chi connectivity index (χ0n) is 21.6. The van der Waals surface area contributed by atoms with Crippen molar-refractivity contribution < 1.29 is 14.4 Å². The maximum atomic E-state index is 13.9. The second-order valence-electron chi connectivity index (χ2n) is 9.98. The predicted octanol–water partition coefficient (Wildman–Crippen LogP) is 5.61. The first-order valence-corrected chi connectivity index (χ1v) is 14.8. The number of halogens is 1. The zero-order valence-corrected chi connectivity index (χ0v) is 24.0. The molecule has 3 amide bonds. The van der Waals surface area contributed by atoms with E-state index in [2.05, 4.69) is 5.32 Å². The number of rotatable bonds is 5. The van der Waals surface area contributed by atoms with E-state index < -0.39 is 17.1 Å². The molecule has 1 fully saturated rings. The molecule has 3 atom stereocenters. The number of hydrogen-bond acceptors (Lipinski definition) is 6. The third kappa shape index (κ3) is 4.68. The SMILES string of the molecule is Cc1ccc(NC(=O)Cn2c3c(sc2=O)[C@@H](c2ccc(Cl)cc2)C2C(=O)N(c4ccc(C)cc4)C(=O)C2S3)cc1. The standard InChI is InChI=1S/C30H24ClN3O4S2/c1-16-3-11-20(12-4-16)32-22(35)15-33-29-26(40-30(33)38)23(18-7-9-19(31)10-8-18)24-25(39-29)28(37)34(27(24)36)21-13-5-17(2)6-14-21/h3-14,23-25H,15H2,1-2H3,(H,32,35)/t23-,24?,25?/m0/s1. The molecule has 1 N–H and O–H groups in total. The van der Waals surface area contributed by atoms with Gasteiger partial charge in [-0.15, -0.1) is 0 Å². The first-order valence-electron chi connectivity index (χ1n) is 12.7. The summed E-state index contributed by atoms with van der Waals surface area (Å²) in [5.41, 5.74) is 4.01. The number of amides is 3. The number of aryl methyl sites for hydroxylation is 2. The first kappa shape index (κ1) is 26.6. The number of hydrogen-bond donors (Lipinski definition) is 1. The second kappa shape index (κ2) is 10.4. The Kier molecular flexibility index (Phi) is 6.90. The number of thiazole rings is 1. The number of fused-ring (bicyclic) bond motifs is 2. The van der Waals surface area contributed by atoms with E-state index >= 15 is 0 Å². The normalized spacial score (nSPS) is 19.9. The molecule has 10 heteroatoms. The van der Waals surface area contributed by atoms with Gasteiger partial charge in [0.15, 0.2) is 0 Å². The Morgan fingerprint density at radius 1 is 0.875 bits per heavy atom. The van der Waals surface area contributed by atoms with Crippen LogP contribution in [0, 0.1) is 19.8 Å².